The molecule has 4 rings (SSSR count). The Morgan fingerprint density at radius 1 is 1.18 bits per heavy atom. The zero-order valence-electron chi connectivity index (χ0n) is 20.7. The number of hydrogen-bond acceptors (Lipinski definition) is 6. The lowest BCUT2D eigenvalue weighted by Gasteiger charge is -2.33. The Morgan fingerprint density at radius 2 is 2.03 bits per heavy atom. The van der Waals surface area contributed by atoms with E-state index in [1.165, 1.54) is 32.1 Å². The summed E-state index contributed by atoms with van der Waals surface area (Å²) in [5.41, 5.74) is 0.550. The Morgan fingerprint density at radius 3 is 2.79 bits per heavy atom. The van der Waals surface area contributed by atoms with Gasteiger partial charge in [0.05, 0.1) is 12.2 Å². The van der Waals surface area contributed by atoms with Crippen LogP contribution >= 0.6 is 0 Å². The molecule has 2 saturated heterocycles. The van der Waals surface area contributed by atoms with Crippen LogP contribution in [0.4, 0.5) is 0 Å². The fraction of sp³-hybridized carbons (Fsp3) is 0.731. The number of likely N-dealkylation sites (tertiary alicyclic amines) is 1. The van der Waals surface area contributed by atoms with Crippen LogP contribution in [0.15, 0.2) is 24.5 Å². The van der Waals surface area contributed by atoms with Crippen molar-refractivity contribution in [2.24, 2.45) is 5.92 Å². The van der Waals surface area contributed by atoms with Gasteiger partial charge < -0.3 is 19.9 Å². The molecule has 3 aliphatic rings. The van der Waals surface area contributed by atoms with Crippen LogP contribution in [-0.2, 0) is 9.53 Å². The van der Waals surface area contributed by atoms with Crippen molar-refractivity contribution in [3.05, 3.63) is 30.1 Å². The van der Waals surface area contributed by atoms with Gasteiger partial charge in [-0.25, -0.2) is 0 Å². The molecule has 3 heterocycles. The lowest BCUT2D eigenvalue weighted by atomic mass is 9.88. The standard InChI is InChI=1S/C26H41N5O3/c1-34-16-15-30(19-21-7-3-2-4-8-21)23-17-24(26(33)29-13-6-11-27-12-14-29)31(20-23)25(32)22-9-5-10-28-18-22/h5,9-10,18,21,23-24,27H,2-4,6-8,11-17,19-20H2,1H3. The minimum absolute atomic E-state index is 0.0906. The molecule has 0 bridgehead atoms. The topological polar surface area (TPSA) is 78.0 Å². The maximum Gasteiger partial charge on any atom is 0.256 e. The molecular weight excluding hydrogens is 430 g/mol. The molecule has 2 atom stereocenters. The molecule has 0 radical (unpaired) electrons. The number of aromatic nitrogens is 1. The molecule has 1 aromatic rings. The minimum Gasteiger partial charge on any atom is -0.383 e. The Hall–Kier alpha value is -2.03. The molecule has 1 saturated carbocycles. The second-order valence-corrected chi connectivity index (χ2v) is 10.0. The van der Waals surface area contributed by atoms with Crippen molar-refractivity contribution in [1.82, 2.24) is 25.0 Å². The van der Waals surface area contributed by atoms with Crippen molar-refractivity contribution in [3.8, 4) is 0 Å². The van der Waals surface area contributed by atoms with Gasteiger partial charge in [-0.05, 0) is 50.3 Å². The first-order valence-corrected chi connectivity index (χ1v) is 13.1. The van der Waals surface area contributed by atoms with Gasteiger partial charge in [0.2, 0.25) is 5.91 Å². The first-order chi connectivity index (χ1) is 16.7. The predicted molar refractivity (Wildman–Crippen MR) is 132 cm³/mol. The van der Waals surface area contributed by atoms with E-state index < -0.39 is 6.04 Å². The van der Waals surface area contributed by atoms with Crippen LogP contribution in [0.3, 0.4) is 0 Å². The van der Waals surface area contributed by atoms with Gasteiger partial charge in [-0.1, -0.05) is 19.3 Å². The maximum atomic E-state index is 13.7. The van der Waals surface area contributed by atoms with Crippen molar-refractivity contribution in [2.75, 3.05) is 59.5 Å². The number of ether oxygens (including phenoxy) is 1. The van der Waals surface area contributed by atoms with Gasteiger partial charge in [-0.3, -0.25) is 19.5 Å². The first kappa shape index (κ1) is 25.1. The largest absolute Gasteiger partial charge is 0.383 e. The fourth-order valence-corrected chi connectivity index (χ4v) is 5.80. The Bertz CT molecular complexity index is 778. The summed E-state index contributed by atoms with van der Waals surface area (Å²) in [7, 11) is 1.74. The second-order valence-electron chi connectivity index (χ2n) is 10.0. The number of nitrogens with one attached hydrogen (secondary N) is 1. The van der Waals surface area contributed by atoms with E-state index in [0.29, 0.717) is 37.6 Å². The highest BCUT2D eigenvalue weighted by Crippen LogP contribution is 2.30. The van der Waals surface area contributed by atoms with Gasteiger partial charge in [0.15, 0.2) is 0 Å². The van der Waals surface area contributed by atoms with E-state index in [4.69, 9.17) is 4.74 Å². The first-order valence-electron chi connectivity index (χ1n) is 13.1. The summed E-state index contributed by atoms with van der Waals surface area (Å²) in [5.74, 6) is 0.693. The third-order valence-corrected chi connectivity index (χ3v) is 7.70. The lowest BCUT2D eigenvalue weighted by molar-refractivity contribution is -0.135. The van der Waals surface area contributed by atoms with Gasteiger partial charge >= 0.3 is 0 Å². The van der Waals surface area contributed by atoms with Crippen molar-refractivity contribution in [1.29, 1.82) is 0 Å². The van der Waals surface area contributed by atoms with Crippen LogP contribution < -0.4 is 5.32 Å². The smallest absolute Gasteiger partial charge is 0.256 e. The van der Waals surface area contributed by atoms with E-state index in [0.717, 1.165) is 39.1 Å². The normalized spacial score (nSPS) is 24.4. The number of amides is 2. The van der Waals surface area contributed by atoms with Gasteiger partial charge in [-0.15, -0.1) is 0 Å². The summed E-state index contributed by atoms with van der Waals surface area (Å²) >= 11 is 0. The number of rotatable bonds is 8. The average molecular weight is 472 g/mol. The molecule has 2 unspecified atom stereocenters. The van der Waals surface area contributed by atoms with E-state index >= 15 is 0 Å². The Labute approximate surface area is 204 Å². The molecule has 8 heteroatoms. The van der Waals surface area contributed by atoms with Crippen LogP contribution in [0.25, 0.3) is 0 Å². The van der Waals surface area contributed by atoms with Crippen LogP contribution in [-0.4, -0.2) is 103 Å². The fourth-order valence-electron chi connectivity index (χ4n) is 5.80. The summed E-state index contributed by atoms with van der Waals surface area (Å²) in [6.07, 6.45) is 11.4. The van der Waals surface area contributed by atoms with Crippen LogP contribution in [0.5, 0.6) is 0 Å². The number of methoxy groups -OCH3 is 1. The molecule has 2 amide bonds. The van der Waals surface area contributed by atoms with E-state index in [9.17, 15) is 9.59 Å². The summed E-state index contributed by atoms with van der Waals surface area (Å²) in [6, 6.07) is 3.32. The zero-order valence-corrected chi connectivity index (χ0v) is 20.7. The number of nitrogens with zero attached hydrogens (tertiary/aromatic N) is 4. The molecule has 1 N–H and O–H groups in total. The van der Waals surface area contributed by atoms with Crippen LogP contribution in [0.2, 0.25) is 0 Å². The molecular formula is C26H41N5O3. The maximum absolute atomic E-state index is 13.7. The molecule has 34 heavy (non-hydrogen) atoms. The predicted octanol–water partition coefficient (Wildman–Crippen LogP) is 2.02. The van der Waals surface area contributed by atoms with E-state index in [1.54, 1.807) is 31.6 Å². The van der Waals surface area contributed by atoms with E-state index in [2.05, 4.69) is 15.2 Å². The number of carbonyl (C=O) groups is 2. The monoisotopic (exact) mass is 471 g/mol. The lowest BCUT2D eigenvalue weighted by Crippen LogP contribution is -2.48. The van der Waals surface area contributed by atoms with Gasteiger partial charge in [0, 0.05) is 64.8 Å². The molecule has 3 fully saturated rings. The third-order valence-electron chi connectivity index (χ3n) is 7.70. The molecule has 1 aromatic heterocycles. The molecule has 0 spiro atoms. The summed E-state index contributed by atoms with van der Waals surface area (Å²) < 4.78 is 5.44. The summed E-state index contributed by atoms with van der Waals surface area (Å²) in [5, 5.41) is 3.37. The zero-order chi connectivity index (χ0) is 23.8. The number of hydrogen-bond donors (Lipinski definition) is 1. The van der Waals surface area contributed by atoms with Crippen molar-refractivity contribution < 1.29 is 14.3 Å². The SMILES string of the molecule is COCCN(CC1CCCCC1)C1CC(C(=O)N2CCCNCC2)N(C(=O)c2cccnc2)C1. The third kappa shape index (κ3) is 6.34. The molecule has 1 aliphatic carbocycles. The highest BCUT2D eigenvalue weighted by molar-refractivity contribution is 5.97. The molecule has 2 aliphatic heterocycles. The van der Waals surface area contributed by atoms with Crippen molar-refractivity contribution >= 4 is 11.8 Å². The quantitative estimate of drug-likeness (QED) is 0.625. The highest BCUT2D eigenvalue weighted by Gasteiger charge is 2.43. The van der Waals surface area contributed by atoms with Crippen LogP contribution in [0, 0.1) is 5.92 Å². The molecule has 0 aromatic carbocycles. The summed E-state index contributed by atoms with van der Waals surface area (Å²) in [6.45, 7) is 6.28. The molecule has 188 valence electrons. The van der Waals surface area contributed by atoms with Crippen LogP contribution in [0.1, 0.15) is 55.3 Å². The minimum atomic E-state index is -0.424. The van der Waals surface area contributed by atoms with Gasteiger partial charge in [0.25, 0.3) is 5.91 Å². The Kier molecular flexibility index (Phi) is 9.30. The highest BCUT2D eigenvalue weighted by atomic mass is 16.5. The van der Waals surface area contributed by atoms with Gasteiger partial charge in [-0.2, -0.15) is 0 Å². The summed E-state index contributed by atoms with van der Waals surface area (Å²) in [4.78, 5) is 37.7. The Balaban J connectivity index is 1.54. The average Bonchev–Trinajstić information content (AvgIpc) is 3.14. The van der Waals surface area contributed by atoms with Gasteiger partial charge in [0.1, 0.15) is 6.04 Å². The second kappa shape index (κ2) is 12.6. The van der Waals surface area contributed by atoms with Crippen molar-refractivity contribution in [2.45, 2.75) is 57.0 Å². The van der Waals surface area contributed by atoms with E-state index in [1.807, 2.05) is 9.80 Å². The molecule has 8 nitrogen and oxygen atoms in total. The van der Waals surface area contributed by atoms with E-state index in [-0.39, 0.29) is 17.9 Å². The number of pyridine rings is 1. The number of carbonyl (C=O) groups excluding carboxylic acids is 2. The van der Waals surface area contributed by atoms with Crippen molar-refractivity contribution in [3.63, 3.8) is 0 Å².